The monoisotopic (exact) mass is 263 g/mol. The molecule has 3 N–H and O–H groups in total. The van der Waals surface area contributed by atoms with Crippen molar-refractivity contribution in [2.24, 2.45) is 5.73 Å². The van der Waals surface area contributed by atoms with Crippen LogP contribution >= 0.6 is 0 Å². The highest BCUT2D eigenvalue weighted by Crippen LogP contribution is 2.32. The number of fused-ring (bicyclic) bond motifs is 1. The van der Waals surface area contributed by atoms with E-state index < -0.39 is 5.60 Å². The highest BCUT2D eigenvalue weighted by Gasteiger charge is 2.32. The Morgan fingerprint density at radius 2 is 2.16 bits per heavy atom. The number of hydrogen-bond acceptors (Lipinski definition) is 4. The molecule has 0 aliphatic rings. The smallest absolute Gasteiger partial charge is 0.145 e. The summed E-state index contributed by atoms with van der Waals surface area (Å²) in [6, 6.07) is 7.84. The largest absolute Gasteiger partial charge is 0.458 e. The first kappa shape index (κ1) is 14.1. The van der Waals surface area contributed by atoms with E-state index in [2.05, 4.69) is 0 Å². The lowest BCUT2D eigenvalue weighted by molar-refractivity contribution is -0.0567. The molecular weight excluding hydrogens is 242 g/mol. The van der Waals surface area contributed by atoms with Gasteiger partial charge in [-0.2, -0.15) is 0 Å². The van der Waals surface area contributed by atoms with Gasteiger partial charge in [-0.3, -0.25) is 0 Å². The third kappa shape index (κ3) is 2.97. The lowest BCUT2D eigenvalue weighted by Crippen LogP contribution is -2.31. The van der Waals surface area contributed by atoms with Gasteiger partial charge in [-0.15, -0.1) is 0 Å². The predicted octanol–water partition coefficient (Wildman–Crippen LogP) is 2.31. The van der Waals surface area contributed by atoms with E-state index in [-0.39, 0.29) is 6.61 Å². The fourth-order valence-corrected chi connectivity index (χ4v) is 2.29. The second-order valence-corrected chi connectivity index (χ2v) is 5.01. The number of rotatable bonds is 6. The summed E-state index contributed by atoms with van der Waals surface area (Å²) in [5.74, 6) is 0.545. The molecule has 0 saturated heterocycles. The number of benzene rings is 1. The molecule has 104 valence electrons. The summed E-state index contributed by atoms with van der Waals surface area (Å²) in [7, 11) is 1.57. The maximum atomic E-state index is 10.7. The van der Waals surface area contributed by atoms with Gasteiger partial charge in [0, 0.05) is 12.5 Å². The van der Waals surface area contributed by atoms with Crippen molar-refractivity contribution in [2.45, 2.75) is 25.4 Å². The van der Waals surface area contributed by atoms with Gasteiger partial charge >= 0.3 is 0 Å². The van der Waals surface area contributed by atoms with Crippen LogP contribution in [0.2, 0.25) is 0 Å². The Balaban J connectivity index is 2.38. The van der Waals surface area contributed by atoms with E-state index in [9.17, 15) is 5.11 Å². The van der Waals surface area contributed by atoms with Gasteiger partial charge in [0.2, 0.25) is 0 Å². The minimum Gasteiger partial charge on any atom is -0.458 e. The Labute approximate surface area is 113 Å². The van der Waals surface area contributed by atoms with E-state index in [1.54, 1.807) is 7.11 Å². The maximum Gasteiger partial charge on any atom is 0.145 e. The van der Waals surface area contributed by atoms with Crippen LogP contribution < -0.4 is 5.73 Å². The molecule has 4 heteroatoms. The predicted molar refractivity (Wildman–Crippen MR) is 75.0 cm³/mol. The Bertz CT molecular complexity index is 549. The number of hydrogen-bond donors (Lipinski definition) is 2. The molecule has 0 bridgehead atoms. The minimum atomic E-state index is -1.11. The van der Waals surface area contributed by atoms with E-state index in [4.69, 9.17) is 14.9 Å². The Morgan fingerprint density at radius 3 is 2.84 bits per heavy atom. The van der Waals surface area contributed by atoms with Crippen molar-refractivity contribution in [1.82, 2.24) is 0 Å². The van der Waals surface area contributed by atoms with E-state index >= 15 is 0 Å². The summed E-state index contributed by atoms with van der Waals surface area (Å²) >= 11 is 0. The molecule has 19 heavy (non-hydrogen) atoms. The van der Waals surface area contributed by atoms with Crippen molar-refractivity contribution in [1.29, 1.82) is 0 Å². The van der Waals surface area contributed by atoms with E-state index in [0.717, 1.165) is 23.0 Å². The second kappa shape index (κ2) is 5.74. The first-order chi connectivity index (χ1) is 9.09. The van der Waals surface area contributed by atoms with Crippen LogP contribution in [-0.4, -0.2) is 25.4 Å². The molecule has 1 unspecified atom stereocenters. The molecule has 0 saturated carbocycles. The van der Waals surface area contributed by atoms with E-state index in [0.29, 0.717) is 18.7 Å². The Kier molecular flexibility index (Phi) is 4.24. The molecule has 0 aliphatic heterocycles. The minimum absolute atomic E-state index is 0.200. The van der Waals surface area contributed by atoms with Crippen molar-refractivity contribution in [3.05, 3.63) is 35.6 Å². The molecule has 2 aromatic rings. The third-order valence-corrected chi connectivity index (χ3v) is 3.31. The van der Waals surface area contributed by atoms with Gasteiger partial charge in [0.1, 0.15) is 16.9 Å². The van der Waals surface area contributed by atoms with Gasteiger partial charge in [-0.25, -0.2) is 0 Å². The molecule has 1 atom stereocenters. The zero-order chi connectivity index (χ0) is 13.9. The molecule has 1 aromatic heterocycles. The van der Waals surface area contributed by atoms with Crippen LogP contribution in [-0.2, 0) is 10.3 Å². The molecule has 0 aliphatic carbocycles. The first-order valence-corrected chi connectivity index (χ1v) is 6.51. The molecular formula is C15H21NO3. The van der Waals surface area contributed by atoms with E-state index in [1.807, 2.05) is 31.2 Å². The summed E-state index contributed by atoms with van der Waals surface area (Å²) in [5.41, 5.74) is 6.36. The van der Waals surface area contributed by atoms with Crippen molar-refractivity contribution in [3.8, 4) is 0 Å². The van der Waals surface area contributed by atoms with Crippen LogP contribution in [0.5, 0.6) is 0 Å². The average molecular weight is 263 g/mol. The SMILES string of the molecule is COCC(O)(CCCN)c1cc2cc(C)ccc2o1. The summed E-state index contributed by atoms with van der Waals surface area (Å²) in [6.45, 7) is 2.76. The van der Waals surface area contributed by atoms with Crippen LogP contribution in [0.3, 0.4) is 0 Å². The number of nitrogens with two attached hydrogens (primary N) is 1. The van der Waals surface area contributed by atoms with Gasteiger partial charge in [-0.05, 0) is 44.5 Å². The lowest BCUT2D eigenvalue weighted by atomic mass is 9.95. The molecule has 0 radical (unpaired) electrons. The topological polar surface area (TPSA) is 68.6 Å². The first-order valence-electron chi connectivity index (χ1n) is 6.51. The molecule has 4 nitrogen and oxygen atoms in total. The summed E-state index contributed by atoms with van der Waals surface area (Å²) in [6.07, 6.45) is 1.24. The van der Waals surface area contributed by atoms with Crippen molar-refractivity contribution in [2.75, 3.05) is 20.3 Å². The van der Waals surface area contributed by atoms with Crippen molar-refractivity contribution in [3.63, 3.8) is 0 Å². The molecule has 2 rings (SSSR count). The van der Waals surface area contributed by atoms with Crippen molar-refractivity contribution >= 4 is 11.0 Å². The number of aryl methyl sites for hydroxylation is 1. The fraction of sp³-hybridized carbons (Fsp3) is 0.467. The molecule has 0 spiro atoms. The standard InChI is InChI=1S/C15H21NO3/c1-11-4-5-13-12(8-11)9-14(19-13)15(17,10-18-2)6-3-7-16/h4-5,8-9,17H,3,6-7,10,16H2,1-2H3. The van der Waals surface area contributed by atoms with Gasteiger partial charge in [-0.1, -0.05) is 11.6 Å². The van der Waals surface area contributed by atoms with Crippen molar-refractivity contribution < 1.29 is 14.3 Å². The summed E-state index contributed by atoms with van der Waals surface area (Å²) < 4.78 is 10.9. The fourth-order valence-electron chi connectivity index (χ4n) is 2.29. The normalized spacial score (nSPS) is 14.7. The number of ether oxygens (including phenoxy) is 1. The van der Waals surface area contributed by atoms with Crippen LogP contribution in [0.25, 0.3) is 11.0 Å². The van der Waals surface area contributed by atoms with Crippen LogP contribution in [0, 0.1) is 6.92 Å². The molecule has 1 aromatic carbocycles. The second-order valence-electron chi connectivity index (χ2n) is 5.01. The number of aliphatic hydroxyl groups is 1. The van der Waals surface area contributed by atoms with Gasteiger partial charge < -0.3 is 20.0 Å². The molecule has 0 amide bonds. The molecule has 1 heterocycles. The van der Waals surface area contributed by atoms with Crippen LogP contribution in [0.15, 0.2) is 28.7 Å². The van der Waals surface area contributed by atoms with Crippen LogP contribution in [0.1, 0.15) is 24.2 Å². The Hall–Kier alpha value is -1.36. The zero-order valence-electron chi connectivity index (χ0n) is 11.5. The van der Waals surface area contributed by atoms with Crippen LogP contribution in [0.4, 0.5) is 0 Å². The number of methoxy groups -OCH3 is 1. The lowest BCUT2D eigenvalue weighted by Gasteiger charge is -2.24. The number of furan rings is 1. The highest BCUT2D eigenvalue weighted by atomic mass is 16.5. The quantitative estimate of drug-likeness (QED) is 0.839. The Morgan fingerprint density at radius 1 is 1.37 bits per heavy atom. The summed E-state index contributed by atoms with van der Waals surface area (Å²) in [4.78, 5) is 0. The average Bonchev–Trinajstić information content (AvgIpc) is 2.80. The maximum absolute atomic E-state index is 10.7. The van der Waals surface area contributed by atoms with E-state index in [1.165, 1.54) is 0 Å². The zero-order valence-corrected chi connectivity index (χ0v) is 11.5. The van der Waals surface area contributed by atoms with Gasteiger partial charge in [0.05, 0.1) is 6.61 Å². The highest BCUT2D eigenvalue weighted by molar-refractivity contribution is 5.78. The van der Waals surface area contributed by atoms with Gasteiger partial charge in [0.15, 0.2) is 0 Å². The van der Waals surface area contributed by atoms with Gasteiger partial charge in [0.25, 0.3) is 0 Å². The third-order valence-electron chi connectivity index (χ3n) is 3.31. The summed E-state index contributed by atoms with van der Waals surface area (Å²) in [5, 5.41) is 11.7. The molecule has 0 fully saturated rings.